The average molecular weight is 597 g/mol. The lowest BCUT2D eigenvalue weighted by atomic mass is 9.84. The van der Waals surface area contributed by atoms with Gasteiger partial charge in [-0.2, -0.15) is 0 Å². The van der Waals surface area contributed by atoms with E-state index in [1.54, 1.807) is 0 Å². The van der Waals surface area contributed by atoms with Gasteiger partial charge in [0.1, 0.15) is 0 Å². The zero-order valence-corrected chi connectivity index (χ0v) is 25.8. The Morgan fingerprint density at radius 1 is 0.383 bits per heavy atom. The molecule has 2 heteroatoms. The highest BCUT2D eigenvalue weighted by atomic mass is 15.0. The molecule has 2 aliphatic carbocycles. The Labute approximate surface area is 272 Å². The van der Waals surface area contributed by atoms with Gasteiger partial charge in [-0.25, -0.2) is 0 Å². The van der Waals surface area contributed by atoms with Crippen molar-refractivity contribution in [3.63, 3.8) is 0 Å². The molecule has 7 aromatic carbocycles. The maximum absolute atomic E-state index is 2.53. The number of hydrogen-bond acceptors (Lipinski definition) is 0. The van der Waals surface area contributed by atoms with Gasteiger partial charge in [-0.3, -0.25) is 0 Å². The molecule has 11 rings (SSSR count). The minimum Gasteiger partial charge on any atom is -0.343 e. The topological polar surface area (TPSA) is 9.86 Å². The maximum Gasteiger partial charge on any atom is 0.0625 e. The zero-order valence-electron chi connectivity index (χ0n) is 25.8. The van der Waals surface area contributed by atoms with Crippen molar-refractivity contribution in [3.8, 4) is 72.7 Å². The molecule has 2 aliphatic rings. The second kappa shape index (κ2) is 8.99. The molecule has 2 heterocycles. The van der Waals surface area contributed by atoms with Crippen LogP contribution in [0.4, 0.5) is 0 Å². The number of rotatable bonds is 1. The first-order chi connectivity index (χ1) is 23.3. The van der Waals surface area contributed by atoms with Gasteiger partial charge in [0.15, 0.2) is 0 Å². The molecule has 2 aromatic heterocycles. The molecular weight excluding hydrogens is 569 g/mol. The zero-order chi connectivity index (χ0) is 30.8. The SMILES string of the molecule is Cn1c2c(c3ccccc31)-c1ccccc1-c1c(c3ccccc3n1-c1ccc3c(c1)-c1cccc4cccc-3c14)-c1ccccc1-2. The Kier molecular flexibility index (Phi) is 4.80. The van der Waals surface area contributed by atoms with Gasteiger partial charge in [-0.15, -0.1) is 0 Å². The maximum atomic E-state index is 2.53. The molecule has 218 valence electrons. The Hall–Kier alpha value is -6.12. The van der Waals surface area contributed by atoms with Gasteiger partial charge in [0.25, 0.3) is 0 Å². The van der Waals surface area contributed by atoms with Gasteiger partial charge >= 0.3 is 0 Å². The van der Waals surface area contributed by atoms with Crippen molar-refractivity contribution in [2.24, 2.45) is 7.05 Å². The van der Waals surface area contributed by atoms with E-state index < -0.39 is 0 Å². The van der Waals surface area contributed by atoms with Gasteiger partial charge in [0.2, 0.25) is 0 Å². The summed E-state index contributed by atoms with van der Waals surface area (Å²) in [6, 6.07) is 56.3. The lowest BCUT2D eigenvalue weighted by Gasteiger charge is -2.22. The summed E-state index contributed by atoms with van der Waals surface area (Å²) in [6.45, 7) is 0. The third kappa shape index (κ3) is 3.15. The number of hydrogen-bond donors (Lipinski definition) is 0. The van der Waals surface area contributed by atoms with Crippen molar-refractivity contribution in [2.75, 3.05) is 0 Å². The van der Waals surface area contributed by atoms with Gasteiger partial charge in [0, 0.05) is 51.3 Å². The van der Waals surface area contributed by atoms with Crippen LogP contribution in [0.25, 0.3) is 105 Å². The summed E-state index contributed by atoms with van der Waals surface area (Å²) < 4.78 is 4.92. The van der Waals surface area contributed by atoms with Crippen LogP contribution in [0.3, 0.4) is 0 Å². The highest BCUT2D eigenvalue weighted by molar-refractivity contribution is 6.18. The molecule has 9 aromatic rings. The normalized spacial score (nSPS) is 12.4. The molecule has 0 atom stereocenters. The summed E-state index contributed by atoms with van der Waals surface area (Å²) in [4.78, 5) is 0. The van der Waals surface area contributed by atoms with Crippen LogP contribution in [-0.2, 0) is 7.05 Å². The minimum atomic E-state index is 1.18. The molecule has 0 spiro atoms. The number of fused-ring (bicyclic) bond motifs is 15. The Morgan fingerprint density at radius 3 is 1.64 bits per heavy atom. The molecule has 0 amide bonds. The monoisotopic (exact) mass is 596 g/mol. The molecule has 2 nitrogen and oxygen atoms in total. The van der Waals surface area contributed by atoms with Gasteiger partial charge in [-0.05, 0) is 68.4 Å². The van der Waals surface area contributed by atoms with Crippen LogP contribution in [0, 0.1) is 0 Å². The number of nitrogens with zero attached hydrogens (tertiary/aromatic N) is 2. The lowest BCUT2D eigenvalue weighted by molar-refractivity contribution is 0.979. The smallest absolute Gasteiger partial charge is 0.0625 e. The van der Waals surface area contributed by atoms with E-state index in [0.29, 0.717) is 0 Å². The first-order valence-electron chi connectivity index (χ1n) is 16.4. The Bertz CT molecular complexity index is 2790. The number of aromatic nitrogens is 2. The third-order valence-corrected chi connectivity index (χ3v) is 10.6. The van der Waals surface area contributed by atoms with Crippen molar-refractivity contribution in [1.82, 2.24) is 9.13 Å². The molecule has 0 aliphatic heterocycles. The number of benzene rings is 7. The number of para-hydroxylation sites is 2. The highest BCUT2D eigenvalue weighted by Gasteiger charge is 2.31. The summed E-state index contributed by atoms with van der Waals surface area (Å²) in [7, 11) is 2.22. The predicted molar refractivity (Wildman–Crippen MR) is 197 cm³/mol. The largest absolute Gasteiger partial charge is 0.343 e. The third-order valence-electron chi connectivity index (χ3n) is 10.6. The van der Waals surface area contributed by atoms with Crippen LogP contribution in [0.1, 0.15) is 0 Å². The highest BCUT2D eigenvalue weighted by Crippen LogP contribution is 2.54. The van der Waals surface area contributed by atoms with Crippen LogP contribution >= 0.6 is 0 Å². The molecule has 0 saturated carbocycles. The van der Waals surface area contributed by atoms with Crippen molar-refractivity contribution in [1.29, 1.82) is 0 Å². The van der Waals surface area contributed by atoms with Crippen molar-refractivity contribution in [3.05, 3.63) is 152 Å². The van der Waals surface area contributed by atoms with E-state index in [1.165, 1.54) is 105 Å². The van der Waals surface area contributed by atoms with Gasteiger partial charge < -0.3 is 9.13 Å². The summed E-state index contributed by atoms with van der Waals surface area (Å²) in [5.74, 6) is 0. The van der Waals surface area contributed by atoms with Crippen LogP contribution in [0.2, 0.25) is 0 Å². The van der Waals surface area contributed by atoms with E-state index in [-0.39, 0.29) is 0 Å². The minimum absolute atomic E-state index is 1.18. The molecule has 47 heavy (non-hydrogen) atoms. The Morgan fingerprint density at radius 2 is 0.915 bits per heavy atom. The van der Waals surface area contributed by atoms with E-state index in [0.717, 1.165) is 0 Å². The fourth-order valence-corrected chi connectivity index (χ4v) is 8.75. The van der Waals surface area contributed by atoms with Gasteiger partial charge in [0.05, 0.1) is 16.9 Å². The molecule has 0 radical (unpaired) electrons. The summed E-state index contributed by atoms with van der Waals surface area (Å²) >= 11 is 0. The van der Waals surface area contributed by atoms with Gasteiger partial charge in [-0.1, -0.05) is 127 Å². The fourth-order valence-electron chi connectivity index (χ4n) is 8.75. The lowest BCUT2D eigenvalue weighted by Crippen LogP contribution is -2.02. The number of aryl methyl sites for hydroxylation is 1. The van der Waals surface area contributed by atoms with Crippen LogP contribution < -0.4 is 0 Å². The van der Waals surface area contributed by atoms with Crippen molar-refractivity contribution in [2.45, 2.75) is 0 Å². The summed E-state index contributed by atoms with van der Waals surface area (Å²) in [6.07, 6.45) is 0. The van der Waals surface area contributed by atoms with Crippen molar-refractivity contribution >= 4 is 32.6 Å². The molecule has 0 bridgehead atoms. The van der Waals surface area contributed by atoms with E-state index in [1.807, 2.05) is 0 Å². The van der Waals surface area contributed by atoms with E-state index in [2.05, 4.69) is 168 Å². The standard InChI is InChI=1S/C45H28N2/c1-46-39-22-8-6-18-36(39)42-32-15-3-5-17-35(32)45-43(31-14-2-4-16-34(31)44(42)46)37-19-7-9-23-40(37)47(45)28-24-25-29-30-20-10-12-27-13-11-21-33(41(27)30)38(29)26-28/h2-26H,1H3. The van der Waals surface area contributed by atoms with E-state index in [9.17, 15) is 0 Å². The predicted octanol–water partition coefficient (Wildman–Crippen LogP) is 11.9. The molecule has 0 saturated heterocycles. The summed E-state index contributed by atoms with van der Waals surface area (Å²) in [5, 5.41) is 5.20. The molecular formula is C45H28N2. The van der Waals surface area contributed by atoms with E-state index in [4.69, 9.17) is 0 Å². The molecule has 0 fully saturated rings. The summed E-state index contributed by atoms with van der Waals surface area (Å²) in [5.41, 5.74) is 19.0. The molecule has 0 N–H and O–H groups in total. The van der Waals surface area contributed by atoms with Crippen molar-refractivity contribution < 1.29 is 0 Å². The molecule has 0 unspecified atom stereocenters. The Balaban J connectivity index is 1.30. The average Bonchev–Trinajstić information content (AvgIpc) is 3.74. The fraction of sp³-hybridized carbons (Fsp3) is 0.0222. The quantitative estimate of drug-likeness (QED) is 0.178. The van der Waals surface area contributed by atoms with Crippen LogP contribution in [-0.4, -0.2) is 9.13 Å². The van der Waals surface area contributed by atoms with Crippen LogP contribution in [0.15, 0.2) is 152 Å². The second-order valence-corrected chi connectivity index (χ2v) is 12.9. The first-order valence-corrected chi connectivity index (χ1v) is 16.4. The first kappa shape index (κ1) is 25.1. The second-order valence-electron chi connectivity index (χ2n) is 12.9. The van der Waals surface area contributed by atoms with E-state index >= 15 is 0 Å². The van der Waals surface area contributed by atoms with Crippen LogP contribution in [0.5, 0.6) is 0 Å².